The van der Waals surface area contributed by atoms with Crippen molar-refractivity contribution in [3.8, 4) is 17.6 Å². The van der Waals surface area contributed by atoms with E-state index in [0.29, 0.717) is 22.9 Å². The van der Waals surface area contributed by atoms with Gasteiger partial charge in [0, 0.05) is 18.0 Å². The van der Waals surface area contributed by atoms with Gasteiger partial charge < -0.3 is 20.1 Å². The topological polar surface area (TPSA) is 83.4 Å². The zero-order chi connectivity index (χ0) is 18.2. The van der Waals surface area contributed by atoms with Gasteiger partial charge in [0.05, 0.1) is 19.9 Å². The van der Waals surface area contributed by atoms with Crippen LogP contribution >= 0.6 is 0 Å². The maximum atomic E-state index is 12.2. The van der Waals surface area contributed by atoms with Gasteiger partial charge in [0.1, 0.15) is 23.1 Å². The number of hydrogen-bond acceptors (Lipinski definition) is 5. The Morgan fingerprint density at radius 2 is 1.96 bits per heavy atom. The molecule has 0 atom stereocenters. The quantitative estimate of drug-likeness (QED) is 0.623. The lowest BCUT2D eigenvalue weighted by atomic mass is 10.2. The van der Waals surface area contributed by atoms with Gasteiger partial charge in [0.2, 0.25) is 0 Å². The molecule has 0 radical (unpaired) electrons. The maximum absolute atomic E-state index is 12.2. The average Bonchev–Trinajstić information content (AvgIpc) is 2.62. The van der Waals surface area contributed by atoms with Crippen molar-refractivity contribution in [1.29, 1.82) is 5.26 Å². The van der Waals surface area contributed by atoms with E-state index >= 15 is 0 Å². The third-order valence-electron chi connectivity index (χ3n) is 3.42. The number of benzene rings is 2. The summed E-state index contributed by atoms with van der Waals surface area (Å²) in [4.78, 5) is 12.2. The van der Waals surface area contributed by atoms with Crippen LogP contribution in [-0.2, 0) is 4.79 Å². The number of methoxy groups -OCH3 is 2. The molecule has 0 heterocycles. The second kappa shape index (κ2) is 8.41. The minimum Gasteiger partial charge on any atom is -0.497 e. The van der Waals surface area contributed by atoms with Crippen molar-refractivity contribution < 1.29 is 14.3 Å². The lowest BCUT2D eigenvalue weighted by Gasteiger charge is -2.10. The summed E-state index contributed by atoms with van der Waals surface area (Å²) in [5.74, 6) is 0.684. The first-order valence-corrected chi connectivity index (χ1v) is 7.54. The Balaban J connectivity index is 2.15. The largest absolute Gasteiger partial charge is 0.497 e. The first-order chi connectivity index (χ1) is 12.1. The Kier molecular flexibility index (Phi) is 6.02. The first-order valence-electron chi connectivity index (χ1n) is 7.54. The van der Waals surface area contributed by atoms with Gasteiger partial charge in [-0.1, -0.05) is 12.1 Å². The molecule has 25 heavy (non-hydrogen) atoms. The normalized spacial score (nSPS) is 10.6. The maximum Gasteiger partial charge on any atom is 0.267 e. The predicted octanol–water partition coefficient (Wildman–Crippen LogP) is 3.47. The summed E-state index contributed by atoms with van der Waals surface area (Å²) >= 11 is 0. The first kappa shape index (κ1) is 17.9. The summed E-state index contributed by atoms with van der Waals surface area (Å²) in [6.07, 6.45) is 1.34. The van der Waals surface area contributed by atoms with E-state index < -0.39 is 5.91 Å². The molecular formula is C19H19N3O3. The molecular weight excluding hydrogens is 318 g/mol. The second-order valence-electron chi connectivity index (χ2n) is 5.20. The molecule has 0 saturated heterocycles. The third kappa shape index (κ3) is 4.75. The number of carbonyl (C=O) groups is 1. The van der Waals surface area contributed by atoms with E-state index in [0.717, 1.165) is 5.56 Å². The molecule has 2 aromatic rings. The van der Waals surface area contributed by atoms with E-state index in [1.807, 2.05) is 31.2 Å². The molecule has 0 unspecified atom stereocenters. The van der Waals surface area contributed by atoms with E-state index in [4.69, 9.17) is 9.47 Å². The van der Waals surface area contributed by atoms with Crippen molar-refractivity contribution >= 4 is 17.3 Å². The van der Waals surface area contributed by atoms with Crippen molar-refractivity contribution in [2.45, 2.75) is 6.92 Å². The Morgan fingerprint density at radius 3 is 2.60 bits per heavy atom. The minimum absolute atomic E-state index is 0.0561. The van der Waals surface area contributed by atoms with Crippen LogP contribution in [0.1, 0.15) is 5.56 Å². The minimum atomic E-state index is -0.493. The smallest absolute Gasteiger partial charge is 0.267 e. The summed E-state index contributed by atoms with van der Waals surface area (Å²) < 4.78 is 10.4. The van der Waals surface area contributed by atoms with Gasteiger partial charge in [-0.3, -0.25) is 4.79 Å². The predicted molar refractivity (Wildman–Crippen MR) is 96.7 cm³/mol. The highest BCUT2D eigenvalue weighted by atomic mass is 16.5. The molecule has 0 fully saturated rings. The fourth-order valence-corrected chi connectivity index (χ4v) is 2.14. The van der Waals surface area contributed by atoms with Crippen LogP contribution in [0.4, 0.5) is 11.4 Å². The number of hydrogen-bond donors (Lipinski definition) is 2. The number of rotatable bonds is 6. The van der Waals surface area contributed by atoms with Gasteiger partial charge in [-0.2, -0.15) is 5.26 Å². The number of nitrogens with one attached hydrogen (secondary N) is 2. The summed E-state index contributed by atoms with van der Waals surface area (Å²) in [7, 11) is 3.09. The number of ether oxygens (including phenoxy) is 2. The van der Waals surface area contributed by atoms with Crippen molar-refractivity contribution in [3.05, 3.63) is 59.8 Å². The third-order valence-corrected chi connectivity index (χ3v) is 3.42. The molecule has 0 aliphatic carbocycles. The van der Waals surface area contributed by atoms with Crippen molar-refractivity contribution in [1.82, 2.24) is 0 Å². The van der Waals surface area contributed by atoms with Crippen LogP contribution in [0.3, 0.4) is 0 Å². The van der Waals surface area contributed by atoms with Crippen LogP contribution in [0.2, 0.25) is 0 Å². The van der Waals surface area contributed by atoms with Crippen LogP contribution in [0, 0.1) is 18.3 Å². The highest BCUT2D eigenvalue weighted by Crippen LogP contribution is 2.29. The second-order valence-corrected chi connectivity index (χ2v) is 5.20. The SMILES string of the molecule is COc1ccc(N/C=C(/C#N)C(=O)Nc2cccc(C)c2)c(OC)c1. The molecule has 0 aliphatic rings. The van der Waals surface area contributed by atoms with Crippen LogP contribution < -0.4 is 20.1 Å². The molecule has 128 valence electrons. The molecule has 0 spiro atoms. The Bertz CT molecular complexity index is 838. The summed E-state index contributed by atoms with van der Waals surface area (Å²) in [5.41, 5.74) is 2.20. The van der Waals surface area contributed by atoms with E-state index in [1.165, 1.54) is 13.3 Å². The van der Waals surface area contributed by atoms with Crippen LogP contribution in [-0.4, -0.2) is 20.1 Å². The molecule has 6 nitrogen and oxygen atoms in total. The van der Waals surface area contributed by atoms with Crippen LogP contribution in [0.25, 0.3) is 0 Å². The monoisotopic (exact) mass is 337 g/mol. The van der Waals surface area contributed by atoms with Gasteiger partial charge in [0.15, 0.2) is 0 Å². The standard InChI is InChI=1S/C19H19N3O3/c1-13-5-4-6-15(9-13)22-19(23)14(11-20)12-21-17-8-7-16(24-2)10-18(17)25-3/h4-10,12,21H,1-3H3,(H,22,23)/b14-12-. The van der Waals surface area contributed by atoms with E-state index in [-0.39, 0.29) is 5.57 Å². The molecule has 0 aromatic heterocycles. The highest BCUT2D eigenvalue weighted by molar-refractivity contribution is 6.06. The van der Waals surface area contributed by atoms with E-state index in [9.17, 15) is 10.1 Å². The van der Waals surface area contributed by atoms with Gasteiger partial charge >= 0.3 is 0 Å². The zero-order valence-corrected chi connectivity index (χ0v) is 14.3. The average molecular weight is 337 g/mol. The summed E-state index contributed by atoms with van der Waals surface area (Å²) in [5, 5.41) is 14.9. The fraction of sp³-hybridized carbons (Fsp3) is 0.158. The highest BCUT2D eigenvalue weighted by Gasteiger charge is 2.10. The lowest BCUT2D eigenvalue weighted by molar-refractivity contribution is -0.112. The fourth-order valence-electron chi connectivity index (χ4n) is 2.14. The zero-order valence-electron chi connectivity index (χ0n) is 14.3. The van der Waals surface area contributed by atoms with Gasteiger partial charge in [0.25, 0.3) is 5.91 Å². The molecule has 0 saturated carbocycles. The van der Waals surface area contributed by atoms with Gasteiger partial charge in [-0.15, -0.1) is 0 Å². The summed E-state index contributed by atoms with van der Waals surface area (Å²) in [6, 6.07) is 14.4. The summed E-state index contributed by atoms with van der Waals surface area (Å²) in [6.45, 7) is 1.92. The van der Waals surface area contributed by atoms with Crippen molar-refractivity contribution in [3.63, 3.8) is 0 Å². The van der Waals surface area contributed by atoms with Crippen LogP contribution in [0.15, 0.2) is 54.2 Å². The van der Waals surface area contributed by atoms with Crippen LogP contribution in [0.5, 0.6) is 11.5 Å². The Labute approximate surface area is 146 Å². The molecule has 1 amide bonds. The van der Waals surface area contributed by atoms with Crippen molar-refractivity contribution in [2.75, 3.05) is 24.9 Å². The number of aryl methyl sites for hydroxylation is 1. The van der Waals surface area contributed by atoms with E-state index in [2.05, 4.69) is 10.6 Å². The molecule has 0 aliphatic heterocycles. The molecule has 2 N–H and O–H groups in total. The number of amides is 1. The number of carbonyl (C=O) groups excluding carboxylic acids is 1. The Morgan fingerprint density at radius 1 is 1.16 bits per heavy atom. The van der Waals surface area contributed by atoms with Crippen molar-refractivity contribution in [2.24, 2.45) is 0 Å². The Hall–Kier alpha value is -3.46. The van der Waals surface area contributed by atoms with Gasteiger partial charge in [-0.05, 0) is 36.8 Å². The molecule has 0 bridgehead atoms. The number of nitriles is 1. The molecule has 6 heteroatoms. The van der Waals surface area contributed by atoms with E-state index in [1.54, 1.807) is 31.4 Å². The molecule has 2 aromatic carbocycles. The number of anilines is 2. The van der Waals surface area contributed by atoms with Gasteiger partial charge in [-0.25, -0.2) is 0 Å². The molecule has 2 rings (SSSR count). The lowest BCUT2D eigenvalue weighted by Crippen LogP contribution is -2.14. The number of nitrogens with zero attached hydrogens (tertiary/aromatic N) is 1.